The number of rotatable bonds is 2. The Kier molecular flexibility index (Phi) is 0.855. The second-order valence-electron chi connectivity index (χ2n) is 3.70. The lowest BCUT2D eigenvalue weighted by Gasteiger charge is -2.65. The Hall–Kier alpha value is -1.06. The van der Waals surface area contributed by atoms with E-state index in [2.05, 4.69) is 0 Å². The second-order valence-corrected chi connectivity index (χ2v) is 3.70. The summed E-state index contributed by atoms with van der Waals surface area (Å²) in [6, 6.07) is 0. The highest BCUT2D eigenvalue weighted by Gasteiger charge is 2.75. The van der Waals surface area contributed by atoms with E-state index in [9.17, 15) is 9.59 Å². The van der Waals surface area contributed by atoms with E-state index in [4.69, 9.17) is 10.2 Å². The molecule has 0 unspecified atom stereocenters. The van der Waals surface area contributed by atoms with Crippen molar-refractivity contribution in [2.45, 2.75) is 19.3 Å². The van der Waals surface area contributed by atoms with Gasteiger partial charge in [-0.3, -0.25) is 9.59 Å². The Morgan fingerprint density at radius 2 is 1.18 bits per heavy atom. The van der Waals surface area contributed by atoms with Crippen LogP contribution in [0.2, 0.25) is 0 Å². The largest absolute Gasteiger partial charge is 0.481 e. The summed E-state index contributed by atoms with van der Waals surface area (Å²) in [6.45, 7) is 0. The monoisotopic (exact) mass is 156 g/mol. The zero-order valence-electron chi connectivity index (χ0n) is 5.83. The van der Waals surface area contributed by atoms with E-state index in [0.29, 0.717) is 19.3 Å². The lowest BCUT2D eigenvalue weighted by molar-refractivity contribution is -0.230. The summed E-state index contributed by atoms with van der Waals surface area (Å²) in [5.74, 6) is -1.67. The van der Waals surface area contributed by atoms with E-state index < -0.39 is 22.8 Å². The third kappa shape index (κ3) is 0.514. The molecule has 4 nitrogen and oxygen atoms in total. The molecule has 60 valence electrons. The van der Waals surface area contributed by atoms with Crippen molar-refractivity contribution in [3.8, 4) is 0 Å². The van der Waals surface area contributed by atoms with E-state index in [1.165, 1.54) is 0 Å². The first-order chi connectivity index (χ1) is 5.01. The van der Waals surface area contributed by atoms with Gasteiger partial charge in [-0.1, -0.05) is 0 Å². The van der Waals surface area contributed by atoms with Crippen LogP contribution in [0.5, 0.6) is 0 Å². The van der Waals surface area contributed by atoms with Gasteiger partial charge in [-0.15, -0.1) is 0 Å². The smallest absolute Gasteiger partial charge is 0.309 e. The molecule has 0 atom stereocenters. The lowest BCUT2D eigenvalue weighted by atomic mass is 9.35. The van der Waals surface area contributed by atoms with Crippen LogP contribution in [0.25, 0.3) is 0 Å². The molecular formula is C7H8O4. The molecule has 4 heteroatoms. The van der Waals surface area contributed by atoms with Gasteiger partial charge >= 0.3 is 11.9 Å². The summed E-state index contributed by atoms with van der Waals surface area (Å²) < 4.78 is 0. The van der Waals surface area contributed by atoms with E-state index in [1.807, 2.05) is 0 Å². The molecule has 0 aromatic rings. The first-order valence-corrected chi connectivity index (χ1v) is 3.48. The molecule has 0 heterocycles. The van der Waals surface area contributed by atoms with Crippen LogP contribution in [0.4, 0.5) is 0 Å². The first kappa shape index (κ1) is 6.64. The third-order valence-corrected chi connectivity index (χ3v) is 2.94. The molecule has 0 aliphatic heterocycles. The predicted octanol–water partition coefficient (Wildman–Crippen LogP) is 0.326. The number of hydrogen-bond donors (Lipinski definition) is 2. The SMILES string of the molecule is O=C(O)C12CC(C(=O)O)(C1)C2. The summed E-state index contributed by atoms with van der Waals surface area (Å²) in [6.07, 6.45) is 1.01. The van der Waals surface area contributed by atoms with Crippen LogP contribution in [0, 0.1) is 10.8 Å². The quantitative estimate of drug-likeness (QED) is 0.604. The van der Waals surface area contributed by atoms with Crippen LogP contribution < -0.4 is 0 Å². The molecule has 0 amide bonds. The van der Waals surface area contributed by atoms with Gasteiger partial charge in [-0.2, -0.15) is 0 Å². The van der Waals surface area contributed by atoms with Gasteiger partial charge in [0.05, 0.1) is 10.8 Å². The van der Waals surface area contributed by atoms with Crippen molar-refractivity contribution in [1.29, 1.82) is 0 Å². The van der Waals surface area contributed by atoms with Crippen molar-refractivity contribution >= 4 is 11.9 Å². The van der Waals surface area contributed by atoms with Crippen molar-refractivity contribution < 1.29 is 19.8 Å². The maximum Gasteiger partial charge on any atom is 0.309 e. The van der Waals surface area contributed by atoms with Crippen LogP contribution in [0.3, 0.4) is 0 Å². The Bertz CT molecular complexity index is 211. The maximum absolute atomic E-state index is 10.5. The minimum atomic E-state index is -0.833. The molecule has 0 aromatic heterocycles. The Morgan fingerprint density at radius 1 is 0.909 bits per heavy atom. The Morgan fingerprint density at radius 3 is 1.36 bits per heavy atom. The maximum atomic E-state index is 10.5. The fraction of sp³-hybridized carbons (Fsp3) is 0.714. The highest BCUT2D eigenvalue weighted by atomic mass is 16.4. The van der Waals surface area contributed by atoms with Gasteiger partial charge in [0.2, 0.25) is 0 Å². The molecule has 0 saturated heterocycles. The van der Waals surface area contributed by atoms with Gasteiger partial charge in [-0.05, 0) is 19.3 Å². The molecule has 2 N–H and O–H groups in total. The van der Waals surface area contributed by atoms with E-state index in [-0.39, 0.29) is 0 Å². The topological polar surface area (TPSA) is 74.6 Å². The average molecular weight is 156 g/mol. The average Bonchev–Trinajstić information content (AvgIpc) is 1.51. The summed E-state index contributed by atoms with van der Waals surface area (Å²) in [5.41, 5.74) is -1.31. The molecule has 0 aromatic carbocycles. The minimum Gasteiger partial charge on any atom is -0.481 e. The van der Waals surface area contributed by atoms with Crippen molar-refractivity contribution in [2.75, 3.05) is 0 Å². The molecular weight excluding hydrogens is 148 g/mol. The highest BCUT2D eigenvalue weighted by Crippen LogP contribution is 2.73. The van der Waals surface area contributed by atoms with Crippen LogP contribution in [0.1, 0.15) is 19.3 Å². The molecule has 0 spiro atoms. The van der Waals surface area contributed by atoms with Crippen LogP contribution in [0.15, 0.2) is 0 Å². The molecule has 3 rings (SSSR count). The van der Waals surface area contributed by atoms with Crippen molar-refractivity contribution in [3.63, 3.8) is 0 Å². The Labute approximate surface area is 62.8 Å². The second kappa shape index (κ2) is 1.42. The van der Waals surface area contributed by atoms with Crippen LogP contribution >= 0.6 is 0 Å². The van der Waals surface area contributed by atoms with Gasteiger partial charge < -0.3 is 10.2 Å². The highest BCUT2D eigenvalue weighted by molar-refractivity contribution is 5.89. The van der Waals surface area contributed by atoms with E-state index in [1.54, 1.807) is 0 Å². The molecule has 3 aliphatic carbocycles. The number of carbonyl (C=O) groups is 2. The predicted molar refractivity (Wildman–Crippen MR) is 34.0 cm³/mol. The van der Waals surface area contributed by atoms with Crippen molar-refractivity contribution in [3.05, 3.63) is 0 Å². The Balaban J connectivity index is 2.10. The fourth-order valence-electron chi connectivity index (χ4n) is 2.24. The molecule has 11 heavy (non-hydrogen) atoms. The third-order valence-electron chi connectivity index (χ3n) is 2.94. The summed E-state index contributed by atoms with van der Waals surface area (Å²) in [4.78, 5) is 21.0. The molecule has 3 fully saturated rings. The van der Waals surface area contributed by atoms with Crippen LogP contribution in [-0.4, -0.2) is 22.2 Å². The zero-order chi connectivity index (χ0) is 8.28. The first-order valence-electron chi connectivity index (χ1n) is 3.48. The van der Waals surface area contributed by atoms with Gasteiger partial charge in [0.25, 0.3) is 0 Å². The summed E-state index contributed by atoms with van der Waals surface area (Å²) in [5, 5.41) is 17.3. The molecule has 0 radical (unpaired) electrons. The van der Waals surface area contributed by atoms with Gasteiger partial charge in [-0.25, -0.2) is 0 Å². The summed E-state index contributed by atoms with van der Waals surface area (Å²) >= 11 is 0. The standard InChI is InChI=1S/C7H8O4/c8-4(9)6-1-7(2-6,3-6)5(10)11/h1-3H2,(H,8,9)(H,10,11). The number of carboxylic acids is 2. The van der Waals surface area contributed by atoms with E-state index in [0.717, 1.165) is 0 Å². The van der Waals surface area contributed by atoms with E-state index >= 15 is 0 Å². The zero-order valence-corrected chi connectivity index (χ0v) is 5.83. The fourth-order valence-corrected chi connectivity index (χ4v) is 2.24. The van der Waals surface area contributed by atoms with Gasteiger partial charge in [0, 0.05) is 0 Å². The van der Waals surface area contributed by atoms with Crippen LogP contribution in [-0.2, 0) is 9.59 Å². The number of carboxylic acid groups (broad SMARTS) is 2. The molecule has 3 aliphatic rings. The van der Waals surface area contributed by atoms with Gasteiger partial charge in [0.15, 0.2) is 0 Å². The minimum absolute atomic E-state index is 0.338. The van der Waals surface area contributed by atoms with Crippen molar-refractivity contribution in [1.82, 2.24) is 0 Å². The number of aliphatic carboxylic acids is 2. The lowest BCUT2D eigenvalue weighted by Crippen LogP contribution is -2.68. The molecule has 3 saturated carbocycles. The summed E-state index contributed by atoms with van der Waals surface area (Å²) in [7, 11) is 0. The number of hydrogen-bond acceptors (Lipinski definition) is 2. The normalized spacial score (nSPS) is 45.5. The molecule has 2 bridgehead atoms. The van der Waals surface area contributed by atoms with Gasteiger partial charge in [0.1, 0.15) is 0 Å². The van der Waals surface area contributed by atoms with Crippen molar-refractivity contribution in [2.24, 2.45) is 10.8 Å².